The number of halogens is 1. The Labute approximate surface area is 177 Å². The average Bonchev–Trinajstić information content (AvgIpc) is 3.22. The lowest BCUT2D eigenvalue weighted by atomic mass is 9.91. The third-order valence-electron chi connectivity index (χ3n) is 5.73. The molecule has 6 rings (SSSR count). The lowest BCUT2D eigenvalue weighted by molar-refractivity contribution is 0.112. The maximum absolute atomic E-state index is 11.9. The average molecular weight is 407 g/mol. The molecule has 0 aliphatic heterocycles. The van der Waals surface area contributed by atoms with Crippen molar-refractivity contribution in [3.8, 4) is 16.9 Å². The van der Waals surface area contributed by atoms with Crippen molar-refractivity contribution in [3.63, 3.8) is 0 Å². The lowest BCUT2D eigenvalue weighted by Crippen LogP contribution is -1.95. The summed E-state index contributed by atoms with van der Waals surface area (Å²) < 4.78 is 1.71. The van der Waals surface area contributed by atoms with E-state index >= 15 is 0 Å². The molecule has 0 saturated carbocycles. The monoisotopic (exact) mass is 406 g/mol. The van der Waals surface area contributed by atoms with Gasteiger partial charge in [0.2, 0.25) is 0 Å². The molecule has 0 saturated heterocycles. The van der Waals surface area contributed by atoms with Gasteiger partial charge < -0.3 is 0 Å². The quantitative estimate of drug-likeness (QED) is 0.236. The van der Waals surface area contributed by atoms with Crippen LogP contribution in [-0.2, 0) is 0 Å². The Kier molecular flexibility index (Phi) is 3.67. The standard InChI is InChI=1S/C26H15ClN2O/c27-20-5-2-6-21(13-20)29-14-19(15-30)26(28-29)23-12-10-18-8-7-16-3-1-4-17-9-11-22(23)25(18)24(16)17/h1-15H. The van der Waals surface area contributed by atoms with E-state index in [1.807, 2.05) is 24.3 Å². The molecule has 0 amide bonds. The predicted molar refractivity (Wildman–Crippen MR) is 123 cm³/mol. The molecule has 6 aromatic rings. The molecule has 1 aromatic heterocycles. The summed E-state index contributed by atoms with van der Waals surface area (Å²) in [7, 11) is 0. The van der Waals surface area contributed by atoms with Crippen LogP contribution in [0.3, 0.4) is 0 Å². The summed E-state index contributed by atoms with van der Waals surface area (Å²) >= 11 is 6.15. The van der Waals surface area contributed by atoms with E-state index in [0.29, 0.717) is 16.3 Å². The Morgan fingerprint density at radius 1 is 0.800 bits per heavy atom. The van der Waals surface area contributed by atoms with Gasteiger partial charge in [-0.15, -0.1) is 0 Å². The van der Waals surface area contributed by atoms with Crippen LogP contribution >= 0.6 is 11.6 Å². The van der Waals surface area contributed by atoms with Gasteiger partial charge in [-0.25, -0.2) is 4.68 Å². The highest BCUT2D eigenvalue weighted by Crippen LogP contribution is 2.39. The number of benzene rings is 5. The summed E-state index contributed by atoms with van der Waals surface area (Å²) in [6.07, 6.45) is 2.62. The van der Waals surface area contributed by atoms with Crippen molar-refractivity contribution < 1.29 is 4.79 Å². The van der Waals surface area contributed by atoms with Gasteiger partial charge in [0.05, 0.1) is 11.3 Å². The molecule has 0 fully saturated rings. The molecule has 0 spiro atoms. The van der Waals surface area contributed by atoms with Crippen LogP contribution in [0.15, 0.2) is 85.1 Å². The van der Waals surface area contributed by atoms with Crippen LogP contribution in [0.25, 0.3) is 49.3 Å². The fourth-order valence-corrected chi connectivity index (χ4v) is 4.56. The van der Waals surface area contributed by atoms with E-state index < -0.39 is 0 Å². The topological polar surface area (TPSA) is 34.9 Å². The first-order chi connectivity index (χ1) is 14.7. The second-order valence-corrected chi connectivity index (χ2v) is 7.88. The highest BCUT2D eigenvalue weighted by atomic mass is 35.5. The van der Waals surface area contributed by atoms with Gasteiger partial charge in [-0.1, -0.05) is 72.3 Å². The summed E-state index contributed by atoms with van der Waals surface area (Å²) in [5.41, 5.74) is 2.98. The molecule has 0 radical (unpaired) electrons. The number of aldehydes is 1. The van der Waals surface area contributed by atoms with Crippen molar-refractivity contribution in [3.05, 3.63) is 95.6 Å². The number of carbonyl (C=O) groups is 1. The van der Waals surface area contributed by atoms with Crippen LogP contribution in [0.5, 0.6) is 0 Å². The van der Waals surface area contributed by atoms with Crippen LogP contribution in [0.4, 0.5) is 0 Å². The third kappa shape index (κ3) is 2.46. The Morgan fingerprint density at radius 2 is 1.50 bits per heavy atom. The van der Waals surface area contributed by atoms with E-state index in [1.54, 1.807) is 10.9 Å². The third-order valence-corrected chi connectivity index (χ3v) is 5.96. The van der Waals surface area contributed by atoms with Crippen LogP contribution < -0.4 is 0 Å². The first-order valence-electron chi connectivity index (χ1n) is 9.70. The number of carbonyl (C=O) groups excluding carboxylic acids is 1. The molecule has 0 atom stereocenters. The van der Waals surface area contributed by atoms with Crippen LogP contribution in [0.1, 0.15) is 10.4 Å². The summed E-state index contributed by atoms with van der Waals surface area (Å²) in [6, 6.07) is 26.5. The minimum absolute atomic E-state index is 0.546. The number of aromatic nitrogens is 2. The summed E-state index contributed by atoms with van der Waals surface area (Å²) in [4.78, 5) is 11.9. The Bertz CT molecular complexity index is 1570. The van der Waals surface area contributed by atoms with Crippen molar-refractivity contribution >= 4 is 50.2 Å². The highest BCUT2D eigenvalue weighted by molar-refractivity contribution is 6.30. The molecule has 3 nitrogen and oxygen atoms in total. The summed E-state index contributed by atoms with van der Waals surface area (Å²) in [5.74, 6) is 0. The minimum atomic E-state index is 0.546. The van der Waals surface area contributed by atoms with Crippen molar-refractivity contribution in [1.29, 1.82) is 0 Å². The molecule has 4 heteroatoms. The second kappa shape index (κ2) is 6.41. The molecule has 5 aromatic carbocycles. The van der Waals surface area contributed by atoms with Crippen molar-refractivity contribution in [2.45, 2.75) is 0 Å². The Hall–Kier alpha value is -3.69. The van der Waals surface area contributed by atoms with E-state index in [2.05, 4.69) is 54.6 Å². The van der Waals surface area contributed by atoms with Crippen molar-refractivity contribution in [1.82, 2.24) is 9.78 Å². The van der Waals surface area contributed by atoms with Gasteiger partial charge in [-0.2, -0.15) is 5.10 Å². The molecule has 0 aliphatic rings. The number of hydrogen-bond acceptors (Lipinski definition) is 2. The van der Waals surface area contributed by atoms with Gasteiger partial charge in [-0.3, -0.25) is 4.79 Å². The first kappa shape index (κ1) is 17.2. The predicted octanol–water partition coefficient (Wildman–Crippen LogP) is 6.90. The van der Waals surface area contributed by atoms with Crippen molar-refractivity contribution in [2.24, 2.45) is 0 Å². The van der Waals surface area contributed by atoms with Gasteiger partial charge in [0, 0.05) is 16.8 Å². The molecule has 0 bridgehead atoms. The zero-order chi connectivity index (χ0) is 20.2. The normalized spacial score (nSPS) is 11.6. The number of rotatable bonds is 3. The largest absolute Gasteiger partial charge is 0.298 e. The van der Waals surface area contributed by atoms with Gasteiger partial charge in [-0.05, 0) is 50.5 Å². The lowest BCUT2D eigenvalue weighted by Gasteiger charge is -2.13. The van der Waals surface area contributed by atoms with Gasteiger partial charge in [0.25, 0.3) is 0 Å². The van der Waals surface area contributed by atoms with Gasteiger partial charge >= 0.3 is 0 Å². The molecule has 1 heterocycles. The van der Waals surface area contributed by atoms with Crippen molar-refractivity contribution in [2.75, 3.05) is 0 Å². The maximum Gasteiger partial charge on any atom is 0.153 e. The van der Waals surface area contributed by atoms with E-state index in [1.165, 1.54) is 26.9 Å². The zero-order valence-corrected chi connectivity index (χ0v) is 16.6. The molecule has 30 heavy (non-hydrogen) atoms. The van der Waals surface area contributed by atoms with E-state index in [-0.39, 0.29) is 0 Å². The van der Waals surface area contributed by atoms with E-state index in [0.717, 1.165) is 22.9 Å². The van der Waals surface area contributed by atoms with Gasteiger partial charge in [0.1, 0.15) is 5.69 Å². The van der Waals surface area contributed by atoms with Crippen LogP contribution in [-0.4, -0.2) is 16.1 Å². The number of nitrogens with zero attached hydrogens (tertiary/aromatic N) is 2. The highest BCUT2D eigenvalue weighted by Gasteiger charge is 2.17. The Morgan fingerprint density at radius 3 is 2.27 bits per heavy atom. The smallest absolute Gasteiger partial charge is 0.153 e. The van der Waals surface area contributed by atoms with E-state index in [4.69, 9.17) is 16.7 Å². The van der Waals surface area contributed by atoms with Gasteiger partial charge in [0.15, 0.2) is 6.29 Å². The Balaban J connectivity index is 1.66. The summed E-state index contributed by atoms with van der Waals surface area (Å²) in [6.45, 7) is 0. The molecule has 142 valence electrons. The van der Waals surface area contributed by atoms with Crippen LogP contribution in [0, 0.1) is 0 Å². The second-order valence-electron chi connectivity index (χ2n) is 7.44. The fourth-order valence-electron chi connectivity index (χ4n) is 4.38. The molecular formula is C26H15ClN2O. The molecule has 0 unspecified atom stereocenters. The fraction of sp³-hybridized carbons (Fsp3) is 0. The number of hydrogen-bond donors (Lipinski definition) is 0. The summed E-state index contributed by atoms with van der Waals surface area (Å²) in [5, 5.41) is 12.5. The molecular weight excluding hydrogens is 392 g/mol. The van der Waals surface area contributed by atoms with E-state index in [9.17, 15) is 4.79 Å². The first-order valence-corrected chi connectivity index (χ1v) is 10.1. The van der Waals surface area contributed by atoms with Crippen LogP contribution in [0.2, 0.25) is 5.02 Å². The zero-order valence-electron chi connectivity index (χ0n) is 15.8. The SMILES string of the molecule is O=Cc1cn(-c2cccc(Cl)c2)nc1-c1ccc2ccc3cccc4ccc1c2c34. The molecule has 0 aliphatic carbocycles. The maximum atomic E-state index is 11.9. The minimum Gasteiger partial charge on any atom is -0.298 e. The molecule has 0 N–H and O–H groups in total.